The van der Waals surface area contributed by atoms with Crippen molar-refractivity contribution < 1.29 is 8.42 Å². The Morgan fingerprint density at radius 2 is 1.95 bits per heavy atom. The second-order valence-corrected chi connectivity index (χ2v) is 9.47. The molecule has 0 aromatic rings. The smallest absolute Gasteiger partial charge is 0.151 e. The van der Waals surface area contributed by atoms with Gasteiger partial charge in [0.25, 0.3) is 0 Å². The molecule has 0 saturated carbocycles. The molecule has 1 aliphatic heterocycles. The van der Waals surface area contributed by atoms with Gasteiger partial charge >= 0.3 is 0 Å². The lowest BCUT2D eigenvalue weighted by molar-refractivity contribution is 0.0887. The van der Waals surface area contributed by atoms with Crippen molar-refractivity contribution in [1.82, 2.24) is 10.2 Å². The number of piperazine rings is 1. The van der Waals surface area contributed by atoms with Gasteiger partial charge in [0.15, 0.2) is 9.84 Å². The Labute approximate surface area is 125 Å². The zero-order valence-corrected chi connectivity index (χ0v) is 14.6. The van der Waals surface area contributed by atoms with E-state index in [-0.39, 0.29) is 5.54 Å². The van der Waals surface area contributed by atoms with Crippen molar-refractivity contribution in [3.63, 3.8) is 0 Å². The van der Waals surface area contributed by atoms with Crippen LogP contribution in [0, 0.1) is 5.92 Å². The van der Waals surface area contributed by atoms with Crippen LogP contribution in [0.1, 0.15) is 47.5 Å². The van der Waals surface area contributed by atoms with E-state index in [1.54, 1.807) is 0 Å². The standard InChI is InChI=1S/C15H32N2O2S/c1-6-8-20(18,19)9-7-17-12-15(4,5)16-11-14(17)10-13(2)3/h13-14,16H,6-12H2,1-5H3. The van der Waals surface area contributed by atoms with Gasteiger partial charge in [-0.15, -0.1) is 0 Å². The lowest BCUT2D eigenvalue weighted by Gasteiger charge is -2.45. The second-order valence-electron chi connectivity index (χ2n) is 7.17. The highest BCUT2D eigenvalue weighted by Gasteiger charge is 2.33. The van der Waals surface area contributed by atoms with Crippen molar-refractivity contribution in [2.24, 2.45) is 5.92 Å². The van der Waals surface area contributed by atoms with Crippen molar-refractivity contribution in [2.45, 2.75) is 59.0 Å². The van der Waals surface area contributed by atoms with Crippen molar-refractivity contribution >= 4 is 9.84 Å². The molecule has 0 aromatic heterocycles. The lowest BCUT2D eigenvalue weighted by Crippen LogP contribution is -2.62. The van der Waals surface area contributed by atoms with E-state index >= 15 is 0 Å². The van der Waals surface area contributed by atoms with Crippen molar-refractivity contribution in [3.05, 3.63) is 0 Å². The SMILES string of the molecule is CCCS(=O)(=O)CCN1CC(C)(C)NCC1CC(C)C. The summed E-state index contributed by atoms with van der Waals surface area (Å²) in [6.45, 7) is 13.3. The summed E-state index contributed by atoms with van der Waals surface area (Å²) < 4.78 is 23.8. The summed E-state index contributed by atoms with van der Waals surface area (Å²) in [6.07, 6.45) is 1.84. The zero-order valence-electron chi connectivity index (χ0n) is 13.8. The Balaban J connectivity index is 2.64. The predicted octanol–water partition coefficient (Wildman–Crippen LogP) is 1.91. The third-order valence-corrected chi connectivity index (χ3v) is 5.71. The molecule has 20 heavy (non-hydrogen) atoms. The first-order valence-electron chi connectivity index (χ1n) is 7.84. The topological polar surface area (TPSA) is 49.4 Å². The van der Waals surface area contributed by atoms with Gasteiger partial charge in [0.1, 0.15) is 0 Å². The summed E-state index contributed by atoms with van der Waals surface area (Å²) in [4.78, 5) is 2.38. The average molecular weight is 305 g/mol. The van der Waals surface area contributed by atoms with Crippen LogP contribution in [-0.4, -0.2) is 56.0 Å². The van der Waals surface area contributed by atoms with Gasteiger partial charge < -0.3 is 5.32 Å². The molecular weight excluding hydrogens is 272 g/mol. The fourth-order valence-corrected chi connectivity index (χ4v) is 4.26. The first-order chi connectivity index (χ1) is 9.15. The predicted molar refractivity (Wildman–Crippen MR) is 85.8 cm³/mol. The van der Waals surface area contributed by atoms with Crippen LogP contribution in [0.3, 0.4) is 0 Å². The first kappa shape index (κ1) is 17.9. The summed E-state index contributed by atoms with van der Waals surface area (Å²) in [5.41, 5.74) is 0.0714. The average Bonchev–Trinajstić information content (AvgIpc) is 2.29. The van der Waals surface area contributed by atoms with Gasteiger partial charge in [-0.2, -0.15) is 0 Å². The maximum atomic E-state index is 11.9. The fourth-order valence-electron chi connectivity index (χ4n) is 2.92. The fraction of sp³-hybridized carbons (Fsp3) is 1.00. The van der Waals surface area contributed by atoms with Gasteiger partial charge in [0.05, 0.1) is 5.75 Å². The number of sulfone groups is 1. The molecule has 120 valence electrons. The van der Waals surface area contributed by atoms with Crippen LogP contribution in [0.25, 0.3) is 0 Å². The molecule has 1 saturated heterocycles. The largest absolute Gasteiger partial charge is 0.309 e. The Kier molecular flexibility index (Phi) is 6.48. The third-order valence-electron chi connectivity index (χ3n) is 3.88. The van der Waals surface area contributed by atoms with Gasteiger partial charge in [-0.05, 0) is 32.6 Å². The molecule has 0 amide bonds. The van der Waals surface area contributed by atoms with Gasteiger partial charge in [0, 0.05) is 37.0 Å². The molecular formula is C15H32N2O2S. The molecule has 4 nitrogen and oxygen atoms in total. The van der Waals surface area contributed by atoms with E-state index in [0.717, 1.165) is 19.5 Å². The number of hydrogen-bond acceptors (Lipinski definition) is 4. The Morgan fingerprint density at radius 1 is 1.30 bits per heavy atom. The summed E-state index contributed by atoms with van der Waals surface area (Å²) in [6, 6.07) is 0.458. The van der Waals surface area contributed by atoms with Crippen LogP contribution in [0.5, 0.6) is 0 Å². The first-order valence-corrected chi connectivity index (χ1v) is 9.67. The highest BCUT2D eigenvalue weighted by molar-refractivity contribution is 7.91. The van der Waals surface area contributed by atoms with Crippen molar-refractivity contribution in [1.29, 1.82) is 0 Å². The zero-order chi connectivity index (χ0) is 15.4. The van der Waals surface area contributed by atoms with Crippen molar-refractivity contribution in [2.75, 3.05) is 31.1 Å². The molecule has 1 N–H and O–H groups in total. The maximum absolute atomic E-state index is 11.9. The lowest BCUT2D eigenvalue weighted by atomic mass is 9.94. The highest BCUT2D eigenvalue weighted by Crippen LogP contribution is 2.20. The van der Waals surface area contributed by atoms with E-state index in [1.165, 1.54) is 0 Å². The van der Waals surface area contributed by atoms with Crippen LogP contribution >= 0.6 is 0 Å². The van der Waals surface area contributed by atoms with Crippen LogP contribution in [0.2, 0.25) is 0 Å². The van der Waals surface area contributed by atoms with Gasteiger partial charge in [-0.3, -0.25) is 4.90 Å². The third kappa shape index (κ3) is 6.10. The Bertz CT molecular complexity index is 391. The quantitative estimate of drug-likeness (QED) is 0.780. The molecule has 1 atom stereocenters. The monoisotopic (exact) mass is 304 g/mol. The minimum Gasteiger partial charge on any atom is -0.309 e. The Hall–Kier alpha value is -0.130. The Morgan fingerprint density at radius 3 is 2.50 bits per heavy atom. The molecule has 0 radical (unpaired) electrons. The highest BCUT2D eigenvalue weighted by atomic mass is 32.2. The van der Waals surface area contributed by atoms with E-state index in [9.17, 15) is 8.42 Å². The minimum atomic E-state index is -2.88. The van der Waals surface area contributed by atoms with Crippen LogP contribution in [0.4, 0.5) is 0 Å². The number of hydrogen-bond donors (Lipinski definition) is 1. The van der Waals surface area contributed by atoms with Gasteiger partial charge in [0.2, 0.25) is 0 Å². The number of nitrogens with zero attached hydrogens (tertiary/aromatic N) is 1. The number of rotatable bonds is 7. The molecule has 1 rings (SSSR count). The van der Waals surface area contributed by atoms with Gasteiger partial charge in [-0.25, -0.2) is 8.42 Å². The van der Waals surface area contributed by atoms with E-state index in [0.29, 0.717) is 36.4 Å². The van der Waals surface area contributed by atoms with E-state index < -0.39 is 9.84 Å². The molecule has 0 bridgehead atoms. The van der Waals surface area contributed by atoms with Crippen molar-refractivity contribution in [3.8, 4) is 0 Å². The molecule has 0 spiro atoms. The van der Waals surface area contributed by atoms with Crippen LogP contribution < -0.4 is 5.32 Å². The van der Waals surface area contributed by atoms with E-state index in [2.05, 4.69) is 37.9 Å². The summed E-state index contributed by atoms with van der Waals surface area (Å²) in [5.74, 6) is 1.25. The summed E-state index contributed by atoms with van der Waals surface area (Å²) >= 11 is 0. The minimum absolute atomic E-state index is 0.0714. The number of nitrogens with one attached hydrogen (secondary N) is 1. The molecule has 0 aromatic carbocycles. The van der Waals surface area contributed by atoms with E-state index in [1.807, 2.05) is 6.92 Å². The maximum Gasteiger partial charge on any atom is 0.151 e. The summed E-state index contributed by atoms with van der Waals surface area (Å²) in [5, 5.41) is 3.57. The molecule has 1 fully saturated rings. The van der Waals surface area contributed by atoms with Gasteiger partial charge in [-0.1, -0.05) is 20.8 Å². The molecule has 1 unspecified atom stereocenters. The molecule has 1 aliphatic rings. The summed E-state index contributed by atoms with van der Waals surface area (Å²) in [7, 11) is -2.88. The molecule has 0 aliphatic carbocycles. The van der Waals surface area contributed by atoms with E-state index in [4.69, 9.17) is 0 Å². The normalized spacial score (nSPS) is 24.2. The second kappa shape index (κ2) is 7.23. The molecule has 1 heterocycles. The van der Waals surface area contributed by atoms with Crippen LogP contribution in [0.15, 0.2) is 0 Å². The van der Waals surface area contributed by atoms with Crippen LogP contribution in [-0.2, 0) is 9.84 Å². The molecule has 5 heteroatoms.